The highest BCUT2D eigenvalue weighted by Gasteiger charge is 2.07. The third kappa shape index (κ3) is 3.81. The minimum atomic E-state index is 0.0273. The monoisotopic (exact) mass is 333 g/mol. The van der Waals surface area contributed by atoms with Crippen LogP contribution in [0, 0.1) is 0 Å². The Labute approximate surface area is 129 Å². The van der Waals surface area contributed by atoms with Gasteiger partial charge in [-0.2, -0.15) is 0 Å². The summed E-state index contributed by atoms with van der Waals surface area (Å²) in [6.45, 7) is 2.92. The number of pyridine rings is 1. The topological polar surface area (TPSA) is 42.1 Å². The van der Waals surface area contributed by atoms with E-state index in [2.05, 4.69) is 64.1 Å². The highest BCUT2D eigenvalue weighted by atomic mass is 79.9. The van der Waals surface area contributed by atoms with Gasteiger partial charge in [-0.1, -0.05) is 35.0 Å². The molecule has 0 fully saturated rings. The molecule has 0 amide bonds. The molecule has 1 aromatic heterocycles. The van der Waals surface area contributed by atoms with Crippen molar-refractivity contribution in [2.24, 2.45) is 5.73 Å². The smallest absolute Gasteiger partial charge is 0.0572 e. The van der Waals surface area contributed by atoms with Crippen molar-refractivity contribution < 1.29 is 0 Å². The van der Waals surface area contributed by atoms with E-state index in [4.69, 9.17) is 5.73 Å². The number of hydrogen-bond donors (Lipinski definition) is 1. The van der Waals surface area contributed by atoms with Gasteiger partial charge in [-0.3, -0.25) is 4.98 Å². The normalized spacial score (nSPS) is 12.2. The lowest BCUT2D eigenvalue weighted by Crippen LogP contribution is -2.17. The third-order valence-corrected chi connectivity index (χ3v) is 3.83. The van der Waals surface area contributed by atoms with Gasteiger partial charge in [0.2, 0.25) is 0 Å². The first-order valence-electron chi connectivity index (χ1n) is 6.77. The van der Waals surface area contributed by atoms with Gasteiger partial charge >= 0.3 is 0 Å². The molecule has 0 saturated carbocycles. The average molecular weight is 334 g/mol. The maximum Gasteiger partial charge on any atom is 0.0572 e. The van der Waals surface area contributed by atoms with E-state index >= 15 is 0 Å². The molecule has 106 valence electrons. The molecule has 0 aliphatic carbocycles. The van der Waals surface area contributed by atoms with Crippen LogP contribution in [0.5, 0.6) is 0 Å². The van der Waals surface area contributed by atoms with E-state index in [-0.39, 0.29) is 6.04 Å². The molecule has 0 aliphatic rings. The van der Waals surface area contributed by atoms with Gasteiger partial charge in [-0.15, -0.1) is 0 Å². The van der Waals surface area contributed by atoms with Crippen LogP contribution in [-0.4, -0.2) is 12.0 Å². The number of halogens is 1. The van der Waals surface area contributed by atoms with Crippen LogP contribution in [0.15, 0.2) is 47.1 Å². The summed E-state index contributed by atoms with van der Waals surface area (Å²) in [6.07, 6.45) is 2.79. The summed E-state index contributed by atoms with van der Waals surface area (Å²) in [5, 5.41) is 0. The second kappa shape index (κ2) is 6.86. The number of rotatable bonds is 5. The largest absolute Gasteiger partial charge is 0.369 e. The first-order chi connectivity index (χ1) is 9.60. The van der Waals surface area contributed by atoms with E-state index in [0.29, 0.717) is 0 Å². The summed E-state index contributed by atoms with van der Waals surface area (Å²) >= 11 is 3.50. The van der Waals surface area contributed by atoms with Gasteiger partial charge in [-0.25, -0.2) is 0 Å². The molecule has 0 aliphatic heterocycles. The van der Waals surface area contributed by atoms with Gasteiger partial charge in [0.05, 0.1) is 17.6 Å². The van der Waals surface area contributed by atoms with Crippen LogP contribution in [0.1, 0.15) is 30.6 Å². The Morgan fingerprint density at radius 1 is 1.30 bits per heavy atom. The van der Waals surface area contributed by atoms with Gasteiger partial charge in [0.1, 0.15) is 0 Å². The van der Waals surface area contributed by atoms with Crippen molar-refractivity contribution in [2.75, 3.05) is 11.9 Å². The fraction of sp³-hybridized carbons (Fsp3) is 0.312. The predicted octanol–water partition coefficient (Wildman–Crippen LogP) is 3.89. The maximum atomic E-state index is 5.98. The SMILES string of the molecule is CCC(N)c1ccc(N(C)Cc2cccc(Br)c2)cn1. The number of hydrogen-bond acceptors (Lipinski definition) is 3. The zero-order chi connectivity index (χ0) is 14.5. The lowest BCUT2D eigenvalue weighted by atomic mass is 10.1. The van der Waals surface area contributed by atoms with E-state index in [1.54, 1.807) is 0 Å². The number of aromatic nitrogens is 1. The summed E-state index contributed by atoms with van der Waals surface area (Å²) in [5.74, 6) is 0. The zero-order valence-electron chi connectivity index (χ0n) is 11.9. The number of benzene rings is 1. The Kier molecular flexibility index (Phi) is 5.15. The molecule has 0 bridgehead atoms. The van der Waals surface area contributed by atoms with Crippen LogP contribution < -0.4 is 10.6 Å². The minimum Gasteiger partial charge on any atom is -0.369 e. The Hall–Kier alpha value is -1.39. The summed E-state index contributed by atoms with van der Waals surface area (Å²) in [7, 11) is 2.07. The van der Waals surface area contributed by atoms with Crippen molar-refractivity contribution in [3.63, 3.8) is 0 Å². The van der Waals surface area contributed by atoms with Crippen LogP contribution >= 0.6 is 15.9 Å². The van der Waals surface area contributed by atoms with Crippen LogP contribution in [-0.2, 0) is 6.54 Å². The first kappa shape index (κ1) is 15.0. The van der Waals surface area contributed by atoms with E-state index in [0.717, 1.165) is 28.8 Å². The highest BCUT2D eigenvalue weighted by Crippen LogP contribution is 2.19. The summed E-state index contributed by atoms with van der Waals surface area (Å²) < 4.78 is 1.10. The Bertz CT molecular complexity index is 554. The van der Waals surface area contributed by atoms with E-state index in [9.17, 15) is 0 Å². The zero-order valence-corrected chi connectivity index (χ0v) is 13.5. The van der Waals surface area contributed by atoms with Crippen molar-refractivity contribution in [1.29, 1.82) is 0 Å². The second-order valence-electron chi connectivity index (χ2n) is 4.94. The lowest BCUT2D eigenvalue weighted by Gasteiger charge is -2.20. The van der Waals surface area contributed by atoms with Crippen molar-refractivity contribution >= 4 is 21.6 Å². The molecule has 1 aromatic carbocycles. The van der Waals surface area contributed by atoms with Gasteiger partial charge in [-0.05, 0) is 36.2 Å². The number of nitrogens with two attached hydrogens (primary N) is 1. The highest BCUT2D eigenvalue weighted by molar-refractivity contribution is 9.10. The van der Waals surface area contributed by atoms with Gasteiger partial charge < -0.3 is 10.6 Å². The molecular formula is C16H20BrN3. The predicted molar refractivity (Wildman–Crippen MR) is 87.7 cm³/mol. The van der Waals surface area contributed by atoms with Crippen molar-refractivity contribution in [2.45, 2.75) is 25.9 Å². The van der Waals surface area contributed by atoms with Crippen molar-refractivity contribution in [1.82, 2.24) is 4.98 Å². The summed E-state index contributed by atoms with van der Waals surface area (Å²) in [6, 6.07) is 12.5. The summed E-state index contributed by atoms with van der Waals surface area (Å²) in [4.78, 5) is 6.63. The van der Waals surface area contributed by atoms with Crippen molar-refractivity contribution in [3.05, 3.63) is 58.3 Å². The maximum absolute atomic E-state index is 5.98. The number of anilines is 1. The van der Waals surface area contributed by atoms with Gasteiger partial charge in [0.15, 0.2) is 0 Å². The standard InChI is InChI=1S/C16H20BrN3/c1-3-15(18)16-8-7-14(10-19-16)20(2)11-12-5-4-6-13(17)9-12/h4-10,15H,3,11,18H2,1-2H3. The molecule has 0 radical (unpaired) electrons. The molecule has 1 unspecified atom stereocenters. The van der Waals surface area contributed by atoms with Crippen molar-refractivity contribution in [3.8, 4) is 0 Å². The molecule has 1 atom stereocenters. The third-order valence-electron chi connectivity index (χ3n) is 3.34. The Morgan fingerprint density at radius 3 is 2.70 bits per heavy atom. The molecular weight excluding hydrogens is 314 g/mol. The molecule has 20 heavy (non-hydrogen) atoms. The molecule has 0 saturated heterocycles. The second-order valence-corrected chi connectivity index (χ2v) is 5.86. The molecule has 1 heterocycles. The van der Waals surface area contributed by atoms with E-state index in [1.807, 2.05) is 18.3 Å². The number of nitrogens with zero attached hydrogens (tertiary/aromatic N) is 2. The Morgan fingerprint density at radius 2 is 2.10 bits per heavy atom. The molecule has 4 heteroatoms. The molecule has 2 aromatic rings. The molecule has 0 spiro atoms. The van der Waals surface area contributed by atoms with Crippen LogP contribution in [0.25, 0.3) is 0 Å². The van der Waals surface area contributed by atoms with E-state index < -0.39 is 0 Å². The fourth-order valence-electron chi connectivity index (χ4n) is 2.05. The summed E-state index contributed by atoms with van der Waals surface area (Å²) in [5.41, 5.74) is 9.29. The quantitative estimate of drug-likeness (QED) is 0.902. The van der Waals surface area contributed by atoms with Crippen LogP contribution in [0.2, 0.25) is 0 Å². The average Bonchev–Trinajstić information content (AvgIpc) is 2.46. The molecule has 2 rings (SSSR count). The van der Waals surface area contributed by atoms with Gasteiger partial charge in [0.25, 0.3) is 0 Å². The molecule has 2 N–H and O–H groups in total. The molecule has 3 nitrogen and oxygen atoms in total. The van der Waals surface area contributed by atoms with Gasteiger partial charge in [0, 0.05) is 24.1 Å². The van der Waals surface area contributed by atoms with E-state index in [1.165, 1.54) is 5.56 Å². The minimum absolute atomic E-state index is 0.0273. The fourth-order valence-corrected chi connectivity index (χ4v) is 2.50. The lowest BCUT2D eigenvalue weighted by molar-refractivity contribution is 0.675. The first-order valence-corrected chi connectivity index (χ1v) is 7.56. The Balaban J connectivity index is 2.07. The van der Waals surface area contributed by atoms with Crippen LogP contribution in [0.4, 0.5) is 5.69 Å². The van der Waals surface area contributed by atoms with Crippen LogP contribution in [0.3, 0.4) is 0 Å².